The molecule has 2 nitrogen and oxygen atoms in total. The van der Waals surface area contributed by atoms with Crippen molar-refractivity contribution in [2.75, 3.05) is 0 Å². The molecule has 2 rings (SSSR count). The van der Waals surface area contributed by atoms with Crippen molar-refractivity contribution in [1.82, 2.24) is 9.97 Å². The minimum Gasteiger partial charge on any atom is -0.345 e. The molecule has 16 heavy (non-hydrogen) atoms. The fourth-order valence-corrected chi connectivity index (χ4v) is 1.69. The Morgan fingerprint density at radius 2 is 2.00 bits per heavy atom. The Morgan fingerprint density at radius 3 is 2.56 bits per heavy atom. The molecule has 2 aromatic rings. The van der Waals surface area contributed by atoms with Crippen molar-refractivity contribution < 1.29 is 8.78 Å². The van der Waals surface area contributed by atoms with Crippen molar-refractivity contribution in [1.29, 1.82) is 0 Å². The van der Waals surface area contributed by atoms with Crippen LogP contribution in [0.15, 0.2) is 24.5 Å². The number of halogens is 2. The molecule has 1 aromatic carbocycles. The number of hydrogen-bond acceptors (Lipinski definition) is 1. The van der Waals surface area contributed by atoms with Crippen molar-refractivity contribution in [3.05, 3.63) is 41.7 Å². The molecular formula is C12H12F2N2. The third-order valence-electron chi connectivity index (χ3n) is 2.46. The highest BCUT2D eigenvalue weighted by Crippen LogP contribution is 2.28. The van der Waals surface area contributed by atoms with Gasteiger partial charge in [0.1, 0.15) is 17.5 Å². The third kappa shape index (κ3) is 1.71. The number of rotatable bonds is 2. The molecule has 0 fully saturated rings. The summed E-state index contributed by atoms with van der Waals surface area (Å²) in [5.74, 6) is -0.831. The zero-order valence-electron chi connectivity index (χ0n) is 9.09. The molecule has 0 bridgehead atoms. The number of aromatic amines is 1. The van der Waals surface area contributed by atoms with Gasteiger partial charge in [0.25, 0.3) is 0 Å². The molecular weight excluding hydrogens is 210 g/mol. The normalized spacial score (nSPS) is 11.1. The number of H-pyrrole nitrogens is 1. The van der Waals surface area contributed by atoms with Crippen LogP contribution >= 0.6 is 0 Å². The molecule has 0 saturated heterocycles. The summed E-state index contributed by atoms with van der Waals surface area (Å²) in [6.07, 6.45) is 3.14. The van der Waals surface area contributed by atoms with Crippen LogP contribution in [0.2, 0.25) is 0 Å². The molecule has 0 aliphatic rings. The largest absolute Gasteiger partial charge is 0.345 e. The lowest BCUT2D eigenvalue weighted by Crippen LogP contribution is -2.00. The standard InChI is InChI=1S/C12H12F2N2/c1-7(2)10-9(13)4-3-8(11(10)14)12-15-5-6-16-12/h3-7H,1-2H3,(H,15,16). The van der Waals surface area contributed by atoms with Gasteiger partial charge in [-0.3, -0.25) is 0 Å². The van der Waals surface area contributed by atoms with E-state index in [4.69, 9.17) is 0 Å². The van der Waals surface area contributed by atoms with E-state index in [1.54, 1.807) is 20.0 Å². The van der Waals surface area contributed by atoms with E-state index in [1.165, 1.54) is 18.3 Å². The fourth-order valence-electron chi connectivity index (χ4n) is 1.69. The van der Waals surface area contributed by atoms with Crippen molar-refractivity contribution in [3.63, 3.8) is 0 Å². The van der Waals surface area contributed by atoms with Crippen LogP contribution in [0, 0.1) is 11.6 Å². The molecule has 4 heteroatoms. The van der Waals surface area contributed by atoms with Crippen LogP contribution in [0.1, 0.15) is 25.3 Å². The molecule has 0 unspecified atom stereocenters. The quantitative estimate of drug-likeness (QED) is 0.828. The topological polar surface area (TPSA) is 28.7 Å². The summed E-state index contributed by atoms with van der Waals surface area (Å²) in [5, 5.41) is 0. The molecule has 1 heterocycles. The van der Waals surface area contributed by atoms with Gasteiger partial charge in [0, 0.05) is 18.0 Å². The van der Waals surface area contributed by atoms with Crippen LogP contribution in [0.4, 0.5) is 8.78 Å². The Labute approximate surface area is 92.3 Å². The first-order chi connectivity index (χ1) is 7.61. The number of aromatic nitrogens is 2. The van der Waals surface area contributed by atoms with Gasteiger partial charge in [-0.1, -0.05) is 13.8 Å². The van der Waals surface area contributed by atoms with E-state index in [-0.39, 0.29) is 11.5 Å². The molecule has 0 aliphatic carbocycles. The summed E-state index contributed by atoms with van der Waals surface area (Å²) in [4.78, 5) is 6.77. The highest BCUT2D eigenvalue weighted by molar-refractivity contribution is 5.57. The molecule has 0 spiro atoms. The molecule has 1 N–H and O–H groups in total. The molecule has 0 saturated carbocycles. The van der Waals surface area contributed by atoms with E-state index in [0.29, 0.717) is 11.4 Å². The lowest BCUT2D eigenvalue weighted by Gasteiger charge is -2.11. The van der Waals surface area contributed by atoms with Crippen molar-refractivity contribution in [2.24, 2.45) is 0 Å². The van der Waals surface area contributed by atoms with Crippen molar-refractivity contribution in [3.8, 4) is 11.4 Å². The second-order valence-corrected chi connectivity index (χ2v) is 3.92. The van der Waals surface area contributed by atoms with Crippen LogP contribution in [-0.4, -0.2) is 9.97 Å². The van der Waals surface area contributed by atoms with Crippen LogP contribution in [0.5, 0.6) is 0 Å². The van der Waals surface area contributed by atoms with Gasteiger partial charge in [-0.15, -0.1) is 0 Å². The molecule has 1 aromatic heterocycles. The maximum absolute atomic E-state index is 14.0. The van der Waals surface area contributed by atoms with E-state index in [1.807, 2.05) is 0 Å². The zero-order chi connectivity index (χ0) is 11.7. The summed E-state index contributed by atoms with van der Waals surface area (Å²) in [6.45, 7) is 3.51. The van der Waals surface area contributed by atoms with E-state index in [0.717, 1.165) is 0 Å². The summed E-state index contributed by atoms with van der Waals surface area (Å²) in [5.41, 5.74) is 0.406. The number of nitrogens with one attached hydrogen (secondary N) is 1. The van der Waals surface area contributed by atoms with Crippen LogP contribution in [-0.2, 0) is 0 Å². The number of hydrogen-bond donors (Lipinski definition) is 1. The smallest absolute Gasteiger partial charge is 0.140 e. The van der Waals surface area contributed by atoms with E-state index in [2.05, 4.69) is 9.97 Å². The van der Waals surface area contributed by atoms with Gasteiger partial charge in [-0.25, -0.2) is 13.8 Å². The second kappa shape index (κ2) is 4.04. The highest BCUT2D eigenvalue weighted by Gasteiger charge is 2.18. The van der Waals surface area contributed by atoms with Crippen LogP contribution in [0.25, 0.3) is 11.4 Å². The predicted octanol–water partition coefficient (Wildman–Crippen LogP) is 3.48. The summed E-state index contributed by atoms with van der Waals surface area (Å²) in [6, 6.07) is 2.67. The average Bonchev–Trinajstić information content (AvgIpc) is 2.70. The van der Waals surface area contributed by atoms with Gasteiger partial charge in [0.15, 0.2) is 0 Å². The number of imidazole rings is 1. The van der Waals surface area contributed by atoms with Gasteiger partial charge >= 0.3 is 0 Å². The van der Waals surface area contributed by atoms with Gasteiger partial charge in [0.05, 0.1) is 5.56 Å². The molecule has 0 aliphatic heterocycles. The minimum atomic E-state index is -0.537. The Kier molecular flexibility index (Phi) is 2.73. The van der Waals surface area contributed by atoms with Gasteiger partial charge in [0.2, 0.25) is 0 Å². The zero-order valence-corrected chi connectivity index (χ0v) is 9.09. The molecule has 0 radical (unpaired) electrons. The molecule has 84 valence electrons. The first kappa shape index (κ1) is 10.8. The first-order valence-corrected chi connectivity index (χ1v) is 5.09. The van der Waals surface area contributed by atoms with Crippen molar-refractivity contribution in [2.45, 2.75) is 19.8 Å². The predicted molar refractivity (Wildman–Crippen MR) is 58.0 cm³/mol. The summed E-state index contributed by atoms with van der Waals surface area (Å²) >= 11 is 0. The van der Waals surface area contributed by atoms with Crippen LogP contribution < -0.4 is 0 Å². The summed E-state index contributed by atoms with van der Waals surface area (Å²) in [7, 11) is 0. The highest BCUT2D eigenvalue weighted by atomic mass is 19.1. The maximum atomic E-state index is 14.0. The number of nitrogens with zero attached hydrogens (tertiary/aromatic N) is 1. The second-order valence-electron chi connectivity index (χ2n) is 3.92. The first-order valence-electron chi connectivity index (χ1n) is 5.09. The molecule has 0 amide bonds. The Hall–Kier alpha value is -1.71. The average molecular weight is 222 g/mol. The Morgan fingerprint density at radius 1 is 1.25 bits per heavy atom. The van der Waals surface area contributed by atoms with Crippen LogP contribution in [0.3, 0.4) is 0 Å². The summed E-state index contributed by atoms with van der Waals surface area (Å²) < 4.78 is 27.5. The van der Waals surface area contributed by atoms with Gasteiger partial charge in [-0.05, 0) is 18.1 Å². The fraction of sp³-hybridized carbons (Fsp3) is 0.250. The Balaban J connectivity index is 2.62. The maximum Gasteiger partial charge on any atom is 0.140 e. The van der Waals surface area contributed by atoms with Gasteiger partial charge in [-0.2, -0.15) is 0 Å². The lowest BCUT2D eigenvalue weighted by atomic mass is 9.99. The minimum absolute atomic E-state index is 0.105. The van der Waals surface area contributed by atoms with Crippen molar-refractivity contribution >= 4 is 0 Å². The SMILES string of the molecule is CC(C)c1c(F)ccc(-c2ncc[nH]2)c1F. The van der Waals surface area contributed by atoms with E-state index >= 15 is 0 Å². The van der Waals surface area contributed by atoms with E-state index < -0.39 is 11.6 Å². The molecule has 0 atom stereocenters. The monoisotopic (exact) mass is 222 g/mol. The Bertz CT molecular complexity index is 490. The van der Waals surface area contributed by atoms with E-state index in [9.17, 15) is 8.78 Å². The number of benzene rings is 1. The lowest BCUT2D eigenvalue weighted by molar-refractivity contribution is 0.543. The van der Waals surface area contributed by atoms with Gasteiger partial charge < -0.3 is 4.98 Å². The third-order valence-corrected chi connectivity index (χ3v) is 2.46.